The van der Waals surface area contributed by atoms with Crippen molar-refractivity contribution in [3.05, 3.63) is 34.6 Å². The number of carbonyl (C=O) groups is 1. The Morgan fingerprint density at radius 2 is 2.06 bits per heavy atom. The van der Waals surface area contributed by atoms with Crippen LogP contribution in [0.25, 0.3) is 0 Å². The second-order valence-corrected chi connectivity index (χ2v) is 3.66. The molecule has 16 heavy (non-hydrogen) atoms. The first kappa shape index (κ1) is 12.8. The molecule has 0 aromatic heterocycles. The number of hydrogen-bond donors (Lipinski definition) is 1. The lowest BCUT2D eigenvalue weighted by Crippen LogP contribution is -2.17. The molecule has 0 aliphatic rings. The second kappa shape index (κ2) is 4.74. The van der Waals surface area contributed by atoms with Crippen LogP contribution in [-0.4, -0.2) is 11.1 Å². The highest BCUT2D eigenvalue weighted by Gasteiger charge is 2.35. The van der Waals surface area contributed by atoms with Gasteiger partial charge in [0.2, 0.25) is 0 Å². The summed E-state index contributed by atoms with van der Waals surface area (Å²) in [7, 11) is 0. The van der Waals surface area contributed by atoms with Crippen LogP contribution in [0.15, 0.2) is 18.2 Å². The van der Waals surface area contributed by atoms with Crippen LogP contribution in [0, 0.1) is 5.82 Å². The summed E-state index contributed by atoms with van der Waals surface area (Å²) in [4.78, 5) is 10.2. The van der Waals surface area contributed by atoms with Gasteiger partial charge in [0.1, 0.15) is 5.82 Å². The Hall–Kier alpha value is -1.23. The third-order valence-electron chi connectivity index (χ3n) is 1.98. The molecule has 0 saturated heterocycles. The van der Waals surface area contributed by atoms with E-state index in [-0.39, 0.29) is 5.02 Å². The van der Waals surface area contributed by atoms with Crippen molar-refractivity contribution in [3.63, 3.8) is 0 Å². The normalized spacial score (nSPS) is 11.5. The molecular formula is C10H8ClF3O2. The first-order valence-corrected chi connectivity index (χ1v) is 4.76. The molecule has 0 aliphatic heterocycles. The summed E-state index contributed by atoms with van der Waals surface area (Å²) in [5, 5.41) is 8.27. The van der Waals surface area contributed by atoms with E-state index in [9.17, 15) is 18.0 Å². The minimum Gasteiger partial charge on any atom is -0.481 e. The van der Waals surface area contributed by atoms with Crippen molar-refractivity contribution in [3.8, 4) is 0 Å². The van der Waals surface area contributed by atoms with E-state index in [1.54, 1.807) is 0 Å². The highest BCUT2D eigenvalue weighted by atomic mass is 35.5. The minimum atomic E-state index is -3.53. The molecule has 0 saturated carbocycles. The van der Waals surface area contributed by atoms with E-state index in [1.165, 1.54) is 0 Å². The molecule has 0 spiro atoms. The average molecular weight is 253 g/mol. The van der Waals surface area contributed by atoms with E-state index in [2.05, 4.69) is 0 Å². The van der Waals surface area contributed by atoms with Crippen LogP contribution in [0.1, 0.15) is 18.4 Å². The monoisotopic (exact) mass is 252 g/mol. The molecule has 0 heterocycles. The first-order valence-electron chi connectivity index (χ1n) is 4.38. The second-order valence-electron chi connectivity index (χ2n) is 3.22. The maximum atomic E-state index is 13.4. The third-order valence-corrected chi connectivity index (χ3v) is 2.21. The average Bonchev–Trinajstić information content (AvgIpc) is 2.19. The van der Waals surface area contributed by atoms with Gasteiger partial charge in [-0.2, -0.15) is 0 Å². The number of hydrogen-bond acceptors (Lipinski definition) is 1. The largest absolute Gasteiger partial charge is 0.481 e. The Morgan fingerprint density at radius 1 is 1.44 bits per heavy atom. The molecule has 1 N–H and O–H groups in total. The van der Waals surface area contributed by atoms with E-state index in [4.69, 9.17) is 16.7 Å². The Balaban J connectivity index is 2.96. The molecule has 0 fully saturated rings. The minimum absolute atomic E-state index is 0.0219. The number of halogens is 4. The maximum absolute atomic E-state index is 13.4. The van der Waals surface area contributed by atoms with Crippen LogP contribution in [0.4, 0.5) is 13.2 Å². The van der Waals surface area contributed by atoms with E-state index >= 15 is 0 Å². The molecule has 0 atom stereocenters. The van der Waals surface area contributed by atoms with Crippen molar-refractivity contribution in [1.29, 1.82) is 0 Å². The van der Waals surface area contributed by atoms with E-state index in [1.807, 2.05) is 0 Å². The van der Waals surface area contributed by atoms with Crippen LogP contribution < -0.4 is 0 Å². The summed E-state index contributed by atoms with van der Waals surface area (Å²) in [6, 6.07) is 2.78. The number of alkyl halides is 2. The predicted molar refractivity (Wildman–Crippen MR) is 52.2 cm³/mol. The highest BCUT2D eigenvalue weighted by molar-refractivity contribution is 6.30. The number of carboxylic acid groups (broad SMARTS) is 1. The quantitative estimate of drug-likeness (QED) is 0.891. The summed E-state index contributed by atoms with van der Waals surface area (Å²) < 4.78 is 39.9. The zero-order chi connectivity index (χ0) is 12.3. The number of rotatable bonds is 4. The van der Waals surface area contributed by atoms with Gasteiger partial charge in [-0.3, -0.25) is 4.79 Å². The third kappa shape index (κ3) is 3.13. The van der Waals surface area contributed by atoms with Gasteiger partial charge in [-0.1, -0.05) is 11.6 Å². The van der Waals surface area contributed by atoms with Crippen LogP contribution in [0.2, 0.25) is 5.02 Å². The summed E-state index contributed by atoms with van der Waals surface area (Å²) in [5.41, 5.74) is -0.874. The zero-order valence-corrected chi connectivity index (χ0v) is 8.77. The molecule has 0 radical (unpaired) electrons. The van der Waals surface area contributed by atoms with Crippen molar-refractivity contribution in [2.24, 2.45) is 0 Å². The lowest BCUT2D eigenvalue weighted by atomic mass is 10.0. The van der Waals surface area contributed by atoms with Crippen molar-refractivity contribution >= 4 is 17.6 Å². The van der Waals surface area contributed by atoms with Crippen LogP contribution in [0.5, 0.6) is 0 Å². The molecule has 0 bridgehead atoms. The Bertz CT molecular complexity index is 407. The van der Waals surface area contributed by atoms with E-state index in [0.717, 1.165) is 18.2 Å². The highest BCUT2D eigenvalue weighted by Crippen LogP contribution is 2.35. The summed E-state index contributed by atoms with van der Waals surface area (Å²) in [6.07, 6.45) is -1.70. The molecule has 1 aromatic carbocycles. The van der Waals surface area contributed by atoms with Crippen LogP contribution in [-0.2, 0) is 10.7 Å². The summed E-state index contributed by atoms with van der Waals surface area (Å²) in [5.74, 6) is -5.99. The van der Waals surface area contributed by atoms with Gasteiger partial charge in [0, 0.05) is 11.4 Å². The smallest absolute Gasteiger partial charge is 0.303 e. The molecule has 0 aliphatic carbocycles. The fourth-order valence-electron chi connectivity index (χ4n) is 1.18. The van der Waals surface area contributed by atoms with Crippen molar-refractivity contribution < 1.29 is 23.1 Å². The summed E-state index contributed by atoms with van der Waals surface area (Å²) >= 11 is 5.47. The predicted octanol–water partition coefficient (Wildman–Crippen LogP) is 3.44. The lowest BCUT2D eigenvalue weighted by Gasteiger charge is -2.16. The lowest BCUT2D eigenvalue weighted by molar-refractivity contribution is -0.139. The topological polar surface area (TPSA) is 37.3 Å². The molecule has 0 amide bonds. The first-order chi connectivity index (χ1) is 7.33. The Morgan fingerprint density at radius 3 is 2.62 bits per heavy atom. The van der Waals surface area contributed by atoms with Gasteiger partial charge in [-0.05, 0) is 18.2 Å². The molecule has 88 valence electrons. The number of aliphatic carboxylic acids is 1. The van der Waals surface area contributed by atoms with Gasteiger partial charge in [0.25, 0.3) is 5.92 Å². The SMILES string of the molecule is O=C(O)CCC(F)(F)c1cc(Cl)ccc1F. The van der Waals surface area contributed by atoms with E-state index in [0.29, 0.717) is 0 Å². The van der Waals surface area contributed by atoms with Crippen LogP contribution >= 0.6 is 11.6 Å². The Kier molecular flexibility index (Phi) is 3.80. The molecular weight excluding hydrogens is 245 g/mol. The van der Waals surface area contributed by atoms with E-state index < -0.39 is 36.1 Å². The van der Waals surface area contributed by atoms with Crippen molar-refractivity contribution in [2.45, 2.75) is 18.8 Å². The van der Waals surface area contributed by atoms with Gasteiger partial charge in [-0.25, -0.2) is 13.2 Å². The van der Waals surface area contributed by atoms with Crippen molar-refractivity contribution in [2.75, 3.05) is 0 Å². The number of carboxylic acids is 1. The van der Waals surface area contributed by atoms with Gasteiger partial charge in [-0.15, -0.1) is 0 Å². The summed E-state index contributed by atoms with van der Waals surface area (Å²) in [6.45, 7) is 0. The molecule has 1 aromatic rings. The zero-order valence-electron chi connectivity index (χ0n) is 8.01. The van der Waals surface area contributed by atoms with Gasteiger partial charge in [0.15, 0.2) is 0 Å². The fraction of sp³-hybridized carbons (Fsp3) is 0.300. The fourth-order valence-corrected chi connectivity index (χ4v) is 1.35. The van der Waals surface area contributed by atoms with Gasteiger partial charge in [0.05, 0.1) is 12.0 Å². The molecule has 1 rings (SSSR count). The van der Waals surface area contributed by atoms with Crippen LogP contribution in [0.3, 0.4) is 0 Å². The number of benzene rings is 1. The molecule has 6 heteroatoms. The van der Waals surface area contributed by atoms with Gasteiger partial charge >= 0.3 is 5.97 Å². The Labute approximate surface area is 94.6 Å². The van der Waals surface area contributed by atoms with Crippen molar-refractivity contribution in [1.82, 2.24) is 0 Å². The maximum Gasteiger partial charge on any atom is 0.303 e. The standard InChI is InChI=1S/C10H8ClF3O2/c11-6-1-2-8(12)7(5-6)10(13,14)4-3-9(15)16/h1-2,5H,3-4H2,(H,15,16). The molecule has 0 unspecified atom stereocenters. The van der Waals surface area contributed by atoms with Gasteiger partial charge < -0.3 is 5.11 Å². The molecule has 2 nitrogen and oxygen atoms in total.